The fourth-order valence-corrected chi connectivity index (χ4v) is 3.24. The van der Waals surface area contributed by atoms with Crippen LogP contribution < -0.4 is 14.9 Å². The zero-order valence-electron chi connectivity index (χ0n) is 16.9. The third-order valence-corrected chi connectivity index (χ3v) is 5.14. The molecule has 5 nitrogen and oxygen atoms in total. The van der Waals surface area contributed by atoms with Crippen LogP contribution >= 0.6 is 15.9 Å². The Kier molecular flexibility index (Phi) is 5.99. The molecule has 9 heteroatoms. The van der Waals surface area contributed by atoms with Gasteiger partial charge in [0.05, 0.1) is 10.9 Å². The molecule has 0 aliphatic carbocycles. The summed E-state index contributed by atoms with van der Waals surface area (Å²) in [6, 6.07) is 16.0. The van der Waals surface area contributed by atoms with E-state index in [2.05, 4.69) is 15.9 Å². The van der Waals surface area contributed by atoms with Gasteiger partial charge in [-0.1, -0.05) is 33.6 Å². The second kappa shape index (κ2) is 8.74. The predicted octanol–water partition coefficient (Wildman–Crippen LogP) is 6.89. The van der Waals surface area contributed by atoms with Crippen molar-refractivity contribution in [2.75, 3.05) is 0 Å². The molecule has 4 aromatic rings. The van der Waals surface area contributed by atoms with E-state index < -0.39 is 34.7 Å². The van der Waals surface area contributed by atoms with Crippen molar-refractivity contribution in [2.45, 2.75) is 13.1 Å². The van der Waals surface area contributed by atoms with Crippen LogP contribution in [0.3, 0.4) is 0 Å². The monoisotopic (exact) mass is 518 g/mol. The van der Waals surface area contributed by atoms with Crippen LogP contribution in [0.4, 0.5) is 13.2 Å². The van der Waals surface area contributed by atoms with Gasteiger partial charge in [-0.3, -0.25) is 4.79 Å². The smallest absolute Gasteiger partial charge is 0.449 e. The van der Waals surface area contributed by atoms with E-state index in [0.717, 1.165) is 16.1 Å². The van der Waals surface area contributed by atoms with E-state index in [9.17, 15) is 22.8 Å². The zero-order valence-corrected chi connectivity index (χ0v) is 18.5. The molecule has 0 N–H and O–H groups in total. The first-order valence-electron chi connectivity index (χ1n) is 9.52. The highest BCUT2D eigenvalue weighted by Crippen LogP contribution is 2.38. The lowest BCUT2D eigenvalue weighted by Crippen LogP contribution is -2.15. The van der Waals surface area contributed by atoms with Crippen LogP contribution in [-0.4, -0.2) is 5.97 Å². The Morgan fingerprint density at radius 3 is 2.21 bits per heavy atom. The van der Waals surface area contributed by atoms with Crippen LogP contribution in [0.1, 0.15) is 21.7 Å². The highest BCUT2D eigenvalue weighted by molar-refractivity contribution is 9.10. The largest absolute Gasteiger partial charge is 0.453 e. The van der Waals surface area contributed by atoms with Gasteiger partial charge in [-0.05, 0) is 55.5 Å². The summed E-state index contributed by atoms with van der Waals surface area (Å²) in [5.41, 5.74) is -0.300. The fraction of sp³-hybridized carbons (Fsp3) is 0.0833. The van der Waals surface area contributed by atoms with Crippen molar-refractivity contribution >= 4 is 32.9 Å². The Morgan fingerprint density at radius 1 is 0.939 bits per heavy atom. The molecule has 0 bridgehead atoms. The zero-order chi connectivity index (χ0) is 23.8. The standard InChI is InChI=1S/C24H14BrF3O5/c1-13-2-8-16(9-3-13)31-21-20(29)18-11-10-17(12-19(18)33-22(21)24(26,27)28)32-23(30)14-4-6-15(25)7-5-14/h2-12H,1H3. The van der Waals surface area contributed by atoms with Crippen LogP contribution in [0.2, 0.25) is 0 Å². The number of carbonyl (C=O) groups is 1. The molecule has 0 radical (unpaired) electrons. The molecule has 3 aromatic carbocycles. The maximum absolute atomic E-state index is 13.7. The van der Waals surface area contributed by atoms with E-state index in [1.165, 1.54) is 36.4 Å². The summed E-state index contributed by atoms with van der Waals surface area (Å²) in [7, 11) is 0. The van der Waals surface area contributed by atoms with Crippen molar-refractivity contribution in [3.05, 3.63) is 98.3 Å². The summed E-state index contributed by atoms with van der Waals surface area (Å²) in [4.78, 5) is 25.2. The molecule has 1 aromatic heterocycles. The number of aryl methyl sites for hydroxylation is 1. The molecular formula is C24H14BrF3O5. The molecule has 1 heterocycles. The van der Waals surface area contributed by atoms with Crippen molar-refractivity contribution in [1.29, 1.82) is 0 Å². The van der Waals surface area contributed by atoms with Crippen molar-refractivity contribution in [3.8, 4) is 17.2 Å². The molecule has 0 aliphatic rings. The molecule has 0 saturated carbocycles. The maximum atomic E-state index is 13.7. The maximum Gasteiger partial charge on any atom is 0.453 e. The molecule has 168 valence electrons. The number of benzene rings is 3. The number of ether oxygens (including phenoxy) is 2. The van der Waals surface area contributed by atoms with Gasteiger partial charge in [0.2, 0.25) is 11.2 Å². The topological polar surface area (TPSA) is 65.7 Å². The average molecular weight is 519 g/mol. The van der Waals surface area contributed by atoms with Gasteiger partial charge in [0, 0.05) is 10.5 Å². The first-order chi connectivity index (χ1) is 15.6. The van der Waals surface area contributed by atoms with Crippen LogP contribution in [-0.2, 0) is 6.18 Å². The molecule has 0 spiro atoms. The molecular weight excluding hydrogens is 505 g/mol. The van der Waals surface area contributed by atoms with Crippen LogP contribution in [0.5, 0.6) is 17.2 Å². The molecule has 0 amide bonds. The quantitative estimate of drug-likeness (QED) is 0.217. The van der Waals surface area contributed by atoms with E-state index in [0.29, 0.717) is 0 Å². The van der Waals surface area contributed by atoms with Crippen LogP contribution in [0.25, 0.3) is 11.0 Å². The number of esters is 1. The van der Waals surface area contributed by atoms with Crippen molar-refractivity contribution in [1.82, 2.24) is 0 Å². The Morgan fingerprint density at radius 2 is 1.58 bits per heavy atom. The van der Waals surface area contributed by atoms with Gasteiger partial charge in [0.25, 0.3) is 5.76 Å². The number of hydrogen-bond donors (Lipinski definition) is 0. The summed E-state index contributed by atoms with van der Waals surface area (Å²) in [5.74, 6) is -3.31. The summed E-state index contributed by atoms with van der Waals surface area (Å²) in [5, 5.41) is -0.159. The number of carbonyl (C=O) groups excluding carboxylic acids is 1. The lowest BCUT2D eigenvalue weighted by Gasteiger charge is -2.13. The second-order valence-electron chi connectivity index (χ2n) is 7.06. The third kappa shape index (κ3) is 4.93. The van der Waals surface area contributed by atoms with Gasteiger partial charge < -0.3 is 13.9 Å². The number of hydrogen-bond acceptors (Lipinski definition) is 5. The van der Waals surface area contributed by atoms with Crippen molar-refractivity contribution < 1.29 is 31.9 Å². The van der Waals surface area contributed by atoms with E-state index in [-0.39, 0.29) is 22.4 Å². The van der Waals surface area contributed by atoms with E-state index in [4.69, 9.17) is 13.9 Å². The molecule has 4 rings (SSSR count). The first-order valence-corrected chi connectivity index (χ1v) is 10.3. The summed E-state index contributed by atoms with van der Waals surface area (Å²) in [6.45, 7) is 1.80. The van der Waals surface area contributed by atoms with Gasteiger partial charge in [-0.2, -0.15) is 13.2 Å². The Hall–Kier alpha value is -3.59. The summed E-state index contributed by atoms with van der Waals surface area (Å²) < 4.78 is 57.3. The minimum absolute atomic E-state index is 0.0535. The number of rotatable bonds is 4. The lowest BCUT2D eigenvalue weighted by atomic mass is 10.2. The second-order valence-corrected chi connectivity index (χ2v) is 7.97. The van der Waals surface area contributed by atoms with E-state index in [1.807, 2.05) is 0 Å². The van der Waals surface area contributed by atoms with Crippen molar-refractivity contribution in [3.63, 3.8) is 0 Å². The highest BCUT2D eigenvalue weighted by Gasteiger charge is 2.40. The molecule has 0 saturated heterocycles. The lowest BCUT2D eigenvalue weighted by molar-refractivity contribution is -0.154. The van der Waals surface area contributed by atoms with Crippen molar-refractivity contribution in [2.24, 2.45) is 0 Å². The molecule has 33 heavy (non-hydrogen) atoms. The minimum atomic E-state index is -5.00. The Bertz CT molecular complexity index is 1390. The molecule has 0 atom stereocenters. The normalized spacial score (nSPS) is 11.4. The van der Waals surface area contributed by atoms with Crippen LogP contribution in [0.15, 0.2) is 80.4 Å². The molecule has 0 unspecified atom stereocenters. The first kappa shape index (κ1) is 22.6. The SMILES string of the molecule is Cc1ccc(Oc2c(C(F)(F)F)oc3cc(OC(=O)c4ccc(Br)cc4)ccc3c2=O)cc1. The average Bonchev–Trinajstić information content (AvgIpc) is 2.76. The number of halogens is 4. The summed E-state index contributed by atoms with van der Waals surface area (Å²) >= 11 is 3.25. The van der Waals surface area contributed by atoms with Gasteiger partial charge in [0.1, 0.15) is 17.1 Å². The Balaban J connectivity index is 1.74. The predicted molar refractivity (Wildman–Crippen MR) is 118 cm³/mol. The van der Waals surface area contributed by atoms with Gasteiger partial charge in [0.15, 0.2) is 0 Å². The number of alkyl halides is 3. The molecule has 0 aliphatic heterocycles. The minimum Gasteiger partial charge on any atom is -0.449 e. The van der Waals surface area contributed by atoms with Gasteiger partial charge >= 0.3 is 12.1 Å². The fourth-order valence-electron chi connectivity index (χ4n) is 2.98. The number of fused-ring (bicyclic) bond motifs is 1. The highest BCUT2D eigenvalue weighted by atomic mass is 79.9. The van der Waals surface area contributed by atoms with E-state index in [1.54, 1.807) is 31.2 Å². The van der Waals surface area contributed by atoms with Gasteiger partial charge in [-0.15, -0.1) is 0 Å². The molecule has 0 fully saturated rings. The van der Waals surface area contributed by atoms with Gasteiger partial charge in [-0.25, -0.2) is 4.79 Å². The third-order valence-electron chi connectivity index (χ3n) is 4.61. The summed E-state index contributed by atoms with van der Waals surface area (Å²) in [6.07, 6.45) is -5.00. The Labute approximate surface area is 193 Å². The van der Waals surface area contributed by atoms with E-state index >= 15 is 0 Å². The van der Waals surface area contributed by atoms with Crippen LogP contribution in [0, 0.1) is 6.92 Å².